The second-order valence-electron chi connectivity index (χ2n) is 9.46. The fourth-order valence-corrected chi connectivity index (χ4v) is 3.97. The van der Waals surface area contributed by atoms with Gasteiger partial charge >= 0.3 is 5.97 Å². The maximum Gasteiger partial charge on any atom is 0.328 e. The summed E-state index contributed by atoms with van der Waals surface area (Å²) in [5.41, 5.74) is 1.75. The van der Waals surface area contributed by atoms with Crippen LogP contribution in [0.4, 0.5) is 0 Å². The van der Waals surface area contributed by atoms with Crippen LogP contribution in [0.5, 0.6) is 0 Å². The predicted molar refractivity (Wildman–Crippen MR) is 121 cm³/mol. The smallest absolute Gasteiger partial charge is 0.328 e. The van der Waals surface area contributed by atoms with Crippen molar-refractivity contribution < 1.29 is 14.3 Å². The Hall–Kier alpha value is -2.67. The Balaban J connectivity index is 2.06. The minimum Gasteiger partial charge on any atom is -0.467 e. The minimum atomic E-state index is -0.769. The van der Waals surface area contributed by atoms with Crippen molar-refractivity contribution in [1.29, 1.82) is 0 Å². The van der Waals surface area contributed by atoms with Crippen molar-refractivity contribution in [2.75, 3.05) is 13.7 Å². The van der Waals surface area contributed by atoms with E-state index >= 15 is 0 Å². The molecule has 1 N–H and O–H groups in total. The van der Waals surface area contributed by atoms with Crippen LogP contribution >= 0.6 is 0 Å². The van der Waals surface area contributed by atoms with Gasteiger partial charge in [-0.25, -0.2) is 9.78 Å². The number of nitrogens with zero attached hydrogens (tertiary/aromatic N) is 3. The van der Waals surface area contributed by atoms with Crippen LogP contribution in [0.3, 0.4) is 0 Å². The molecule has 1 aromatic carbocycles. The summed E-state index contributed by atoms with van der Waals surface area (Å²) < 4.78 is 7.11. The molecule has 3 rings (SSSR count). The maximum atomic E-state index is 13.4. The van der Waals surface area contributed by atoms with E-state index in [9.17, 15) is 9.59 Å². The summed E-state index contributed by atoms with van der Waals surface area (Å²) in [6.45, 7) is 12.4. The third kappa shape index (κ3) is 4.98. The van der Waals surface area contributed by atoms with Crippen LogP contribution < -0.4 is 5.32 Å². The Bertz CT molecular complexity index is 928. The van der Waals surface area contributed by atoms with E-state index in [1.807, 2.05) is 51.1 Å². The Labute approximate surface area is 184 Å². The van der Waals surface area contributed by atoms with Crippen molar-refractivity contribution in [2.45, 2.75) is 66.2 Å². The summed E-state index contributed by atoms with van der Waals surface area (Å²) in [6, 6.07) is 9.52. The van der Waals surface area contributed by atoms with E-state index in [1.165, 1.54) is 7.11 Å². The molecule has 2 aromatic rings. The van der Waals surface area contributed by atoms with Crippen LogP contribution in [0, 0.1) is 5.41 Å². The molecule has 1 aliphatic heterocycles. The zero-order valence-corrected chi connectivity index (χ0v) is 19.4. The molecule has 7 heteroatoms. The van der Waals surface area contributed by atoms with Crippen molar-refractivity contribution in [2.24, 2.45) is 5.41 Å². The van der Waals surface area contributed by atoms with Gasteiger partial charge in [0.25, 0.3) is 5.91 Å². The van der Waals surface area contributed by atoms with Crippen molar-refractivity contribution in [3.05, 3.63) is 41.7 Å². The van der Waals surface area contributed by atoms with E-state index in [-0.39, 0.29) is 5.91 Å². The monoisotopic (exact) mass is 426 g/mol. The number of aromatic nitrogens is 2. The maximum absolute atomic E-state index is 13.4. The first-order valence-electron chi connectivity index (χ1n) is 10.9. The summed E-state index contributed by atoms with van der Waals surface area (Å²) in [6.07, 6.45) is 0.981. The molecule has 1 unspecified atom stereocenters. The first kappa shape index (κ1) is 23.0. The van der Waals surface area contributed by atoms with Gasteiger partial charge in [0, 0.05) is 31.2 Å². The Morgan fingerprint density at radius 3 is 2.39 bits per heavy atom. The molecule has 0 fully saturated rings. The summed E-state index contributed by atoms with van der Waals surface area (Å²) >= 11 is 0. The number of fused-ring (bicyclic) bond motifs is 1. The fourth-order valence-electron chi connectivity index (χ4n) is 3.97. The van der Waals surface area contributed by atoms with Gasteiger partial charge in [-0.3, -0.25) is 9.69 Å². The molecular weight excluding hydrogens is 392 g/mol. The SMILES string of the molecule is COC(=O)C(NC(=O)c1nc(-c2ccccc2)n2c1CN(C(C)C)CCC2)C(C)(C)C. The van der Waals surface area contributed by atoms with E-state index in [0.29, 0.717) is 18.3 Å². The molecule has 0 saturated carbocycles. The number of carbonyl (C=O) groups excluding carboxylic acids is 2. The lowest BCUT2D eigenvalue weighted by molar-refractivity contribution is -0.145. The Kier molecular flexibility index (Phi) is 6.84. The van der Waals surface area contributed by atoms with E-state index in [2.05, 4.69) is 28.6 Å². The zero-order valence-electron chi connectivity index (χ0n) is 19.4. The normalized spacial score (nSPS) is 15.8. The quantitative estimate of drug-likeness (QED) is 0.741. The van der Waals surface area contributed by atoms with Gasteiger partial charge in [0.15, 0.2) is 5.69 Å². The molecule has 0 bridgehead atoms. The molecule has 2 heterocycles. The molecule has 0 saturated heterocycles. The highest BCUT2D eigenvalue weighted by Crippen LogP contribution is 2.28. The van der Waals surface area contributed by atoms with Gasteiger partial charge in [-0.1, -0.05) is 51.1 Å². The van der Waals surface area contributed by atoms with Gasteiger partial charge in [-0.15, -0.1) is 0 Å². The summed E-state index contributed by atoms with van der Waals surface area (Å²) in [4.78, 5) is 32.9. The molecule has 1 atom stereocenters. The Morgan fingerprint density at radius 2 is 1.81 bits per heavy atom. The van der Waals surface area contributed by atoms with Crippen LogP contribution in [0.2, 0.25) is 0 Å². The standard InChI is InChI=1S/C24H34N4O3/c1-16(2)27-13-10-14-28-18(15-27)19(25-21(28)17-11-8-7-9-12-17)22(29)26-20(23(30)31-6)24(3,4)5/h7-9,11-12,16,20H,10,13-15H2,1-6H3,(H,26,29). The van der Waals surface area contributed by atoms with E-state index in [4.69, 9.17) is 9.72 Å². The largest absolute Gasteiger partial charge is 0.467 e. The van der Waals surface area contributed by atoms with E-state index in [1.54, 1.807) is 0 Å². The van der Waals surface area contributed by atoms with Gasteiger partial charge in [0.1, 0.15) is 11.9 Å². The molecule has 31 heavy (non-hydrogen) atoms. The second-order valence-corrected chi connectivity index (χ2v) is 9.46. The minimum absolute atomic E-state index is 0.345. The van der Waals surface area contributed by atoms with E-state index < -0.39 is 17.4 Å². The van der Waals surface area contributed by atoms with Crippen LogP contribution in [-0.4, -0.2) is 52.1 Å². The van der Waals surface area contributed by atoms with Crippen LogP contribution in [0.25, 0.3) is 11.4 Å². The number of ether oxygens (including phenoxy) is 1. The topological polar surface area (TPSA) is 76.5 Å². The number of methoxy groups -OCH3 is 1. The average molecular weight is 427 g/mol. The third-order valence-corrected chi connectivity index (χ3v) is 5.81. The van der Waals surface area contributed by atoms with Crippen LogP contribution in [-0.2, 0) is 22.6 Å². The number of amides is 1. The second kappa shape index (κ2) is 9.22. The fraction of sp³-hybridized carbons (Fsp3) is 0.542. The Morgan fingerprint density at radius 1 is 1.13 bits per heavy atom. The van der Waals surface area contributed by atoms with Crippen molar-refractivity contribution in [3.8, 4) is 11.4 Å². The molecule has 0 spiro atoms. The van der Waals surface area contributed by atoms with Gasteiger partial charge in [-0.2, -0.15) is 0 Å². The highest BCUT2D eigenvalue weighted by Gasteiger charge is 2.36. The molecule has 1 aromatic heterocycles. The van der Waals surface area contributed by atoms with Crippen molar-refractivity contribution >= 4 is 11.9 Å². The first-order valence-corrected chi connectivity index (χ1v) is 10.9. The molecule has 7 nitrogen and oxygen atoms in total. The molecule has 1 amide bonds. The number of benzene rings is 1. The summed E-state index contributed by atoms with van der Waals surface area (Å²) in [5.74, 6) is -0.0168. The third-order valence-electron chi connectivity index (χ3n) is 5.81. The molecule has 0 aliphatic carbocycles. The molecular formula is C24H34N4O3. The van der Waals surface area contributed by atoms with Gasteiger partial charge < -0.3 is 14.6 Å². The van der Waals surface area contributed by atoms with E-state index in [0.717, 1.165) is 36.6 Å². The van der Waals surface area contributed by atoms with Crippen molar-refractivity contribution in [3.63, 3.8) is 0 Å². The predicted octanol–water partition coefficient (Wildman–Crippen LogP) is 3.48. The number of rotatable bonds is 5. The molecule has 168 valence electrons. The highest BCUT2D eigenvalue weighted by molar-refractivity contribution is 5.97. The summed E-state index contributed by atoms with van der Waals surface area (Å²) in [5, 5.41) is 2.90. The first-order chi connectivity index (χ1) is 14.6. The number of esters is 1. The van der Waals surface area contributed by atoms with Crippen LogP contribution in [0.1, 0.15) is 57.2 Å². The van der Waals surface area contributed by atoms with Gasteiger partial charge in [-0.05, 0) is 25.7 Å². The molecule has 1 aliphatic rings. The number of hydrogen-bond donors (Lipinski definition) is 1. The highest BCUT2D eigenvalue weighted by atomic mass is 16.5. The number of carbonyl (C=O) groups is 2. The van der Waals surface area contributed by atoms with Crippen molar-refractivity contribution in [1.82, 2.24) is 19.8 Å². The number of imidazole rings is 1. The zero-order chi connectivity index (χ0) is 22.8. The van der Waals surface area contributed by atoms with Gasteiger partial charge in [0.2, 0.25) is 0 Å². The van der Waals surface area contributed by atoms with Gasteiger partial charge in [0.05, 0.1) is 12.8 Å². The average Bonchev–Trinajstić information content (AvgIpc) is 2.93. The van der Waals surface area contributed by atoms with Crippen LogP contribution in [0.15, 0.2) is 30.3 Å². The summed E-state index contributed by atoms with van der Waals surface area (Å²) in [7, 11) is 1.34. The number of nitrogens with one attached hydrogen (secondary N) is 1. The lowest BCUT2D eigenvalue weighted by Gasteiger charge is -2.29. The lowest BCUT2D eigenvalue weighted by Crippen LogP contribution is -2.50. The number of hydrogen-bond acceptors (Lipinski definition) is 5. The molecule has 0 radical (unpaired) electrons. The lowest BCUT2D eigenvalue weighted by atomic mass is 9.86.